The van der Waals surface area contributed by atoms with Crippen LogP contribution in [0.25, 0.3) is 0 Å². The molecule has 0 N–H and O–H groups in total. The number of hydrogen-bond donors (Lipinski definition) is 0. The molecule has 220 valence electrons. The molecule has 1 heterocycles. The fourth-order valence-electron chi connectivity index (χ4n) is 6.01. The van der Waals surface area contributed by atoms with Gasteiger partial charge < -0.3 is 9.80 Å². The van der Waals surface area contributed by atoms with E-state index in [1.165, 1.54) is 186 Å². The Balaban J connectivity index is 2.06. The molecule has 0 fully saturated rings. The first kappa shape index (κ1) is 34.4. The summed E-state index contributed by atoms with van der Waals surface area (Å²) >= 11 is 0. The average molecular weight is 519 g/mol. The highest BCUT2D eigenvalue weighted by atomic mass is 15.4. The summed E-state index contributed by atoms with van der Waals surface area (Å²) in [6, 6.07) is 0. The van der Waals surface area contributed by atoms with Gasteiger partial charge in [0.1, 0.15) is 6.17 Å². The van der Waals surface area contributed by atoms with Crippen LogP contribution in [0.5, 0.6) is 0 Å². The molecule has 1 unspecified atom stereocenters. The number of rotatable bonds is 29. The second-order valence-corrected chi connectivity index (χ2v) is 12.2. The van der Waals surface area contributed by atoms with Crippen molar-refractivity contribution < 1.29 is 0 Å². The lowest BCUT2D eigenvalue weighted by molar-refractivity contribution is 0.135. The molecule has 37 heavy (non-hydrogen) atoms. The Hall–Kier alpha value is -0.660. The van der Waals surface area contributed by atoms with Gasteiger partial charge >= 0.3 is 0 Å². The third-order valence-electron chi connectivity index (χ3n) is 8.57. The van der Waals surface area contributed by atoms with Gasteiger partial charge in [-0.2, -0.15) is 0 Å². The van der Waals surface area contributed by atoms with E-state index >= 15 is 0 Å². The molecule has 0 radical (unpaired) electrons. The van der Waals surface area contributed by atoms with E-state index in [1.54, 1.807) is 0 Å². The van der Waals surface area contributed by atoms with Gasteiger partial charge in [-0.1, -0.05) is 168 Å². The Bertz CT molecular complexity index is 474. The highest BCUT2D eigenvalue weighted by Gasteiger charge is 2.24. The maximum absolute atomic E-state index is 2.69. The van der Waals surface area contributed by atoms with E-state index in [9.17, 15) is 0 Å². The first-order chi connectivity index (χ1) is 18.3. The topological polar surface area (TPSA) is 6.48 Å². The molecule has 1 rings (SSSR count). The monoisotopic (exact) mass is 519 g/mol. The Morgan fingerprint density at radius 2 is 0.622 bits per heavy atom. The molecule has 1 aliphatic heterocycles. The van der Waals surface area contributed by atoms with E-state index < -0.39 is 0 Å². The summed E-state index contributed by atoms with van der Waals surface area (Å²) in [7, 11) is 0. The van der Waals surface area contributed by atoms with E-state index in [2.05, 4.69) is 43.0 Å². The van der Waals surface area contributed by atoms with Crippen LogP contribution in [0, 0.1) is 0 Å². The molecular weight excluding hydrogens is 448 g/mol. The van der Waals surface area contributed by atoms with Crippen LogP contribution in [-0.4, -0.2) is 29.1 Å². The summed E-state index contributed by atoms with van der Waals surface area (Å²) in [6.45, 7) is 9.47. The van der Waals surface area contributed by atoms with Crippen molar-refractivity contribution in [3.05, 3.63) is 12.4 Å². The van der Waals surface area contributed by atoms with Crippen LogP contribution >= 0.6 is 0 Å². The lowest BCUT2D eigenvalue weighted by atomic mass is 10.0. The van der Waals surface area contributed by atoms with Gasteiger partial charge in [0.15, 0.2) is 0 Å². The van der Waals surface area contributed by atoms with E-state index in [4.69, 9.17) is 0 Å². The van der Waals surface area contributed by atoms with Crippen molar-refractivity contribution in [2.75, 3.05) is 13.1 Å². The first-order valence-electron chi connectivity index (χ1n) is 17.5. The van der Waals surface area contributed by atoms with E-state index in [0.29, 0.717) is 6.17 Å². The number of unbranched alkanes of at least 4 members (excludes halogenated alkanes) is 23. The van der Waals surface area contributed by atoms with Crippen molar-refractivity contribution >= 4 is 0 Å². The summed E-state index contributed by atoms with van der Waals surface area (Å²) < 4.78 is 0. The lowest BCUT2D eigenvalue weighted by Crippen LogP contribution is -2.39. The van der Waals surface area contributed by atoms with Gasteiger partial charge in [-0.3, -0.25) is 0 Å². The van der Waals surface area contributed by atoms with Crippen molar-refractivity contribution in [1.29, 1.82) is 0 Å². The van der Waals surface area contributed by atoms with Gasteiger partial charge in [0, 0.05) is 25.5 Å². The molecule has 0 aromatic heterocycles. The molecule has 2 heteroatoms. The SMILES string of the molecule is CCCCCCCCCCCCCCCCCCN1C=CN(CCCCCCCC)C1CCCCCC. The van der Waals surface area contributed by atoms with Crippen molar-refractivity contribution in [3.63, 3.8) is 0 Å². The van der Waals surface area contributed by atoms with E-state index in [-0.39, 0.29) is 0 Å². The largest absolute Gasteiger partial charge is 0.356 e. The predicted molar refractivity (Wildman–Crippen MR) is 168 cm³/mol. The highest BCUT2D eigenvalue weighted by Crippen LogP contribution is 2.23. The Labute approximate surface area is 235 Å². The molecule has 1 atom stereocenters. The third kappa shape index (κ3) is 20.0. The molecule has 0 saturated carbocycles. The van der Waals surface area contributed by atoms with Gasteiger partial charge in [-0.05, 0) is 25.7 Å². The summed E-state index contributed by atoms with van der Waals surface area (Å²) in [6.07, 6.45) is 44.0. The summed E-state index contributed by atoms with van der Waals surface area (Å²) in [5.41, 5.74) is 0. The van der Waals surface area contributed by atoms with Crippen LogP contribution in [0.15, 0.2) is 12.4 Å². The van der Waals surface area contributed by atoms with Gasteiger partial charge in [0.05, 0.1) is 0 Å². The molecule has 0 aliphatic carbocycles. The second kappa shape index (κ2) is 26.9. The van der Waals surface area contributed by atoms with Gasteiger partial charge in [0.2, 0.25) is 0 Å². The standard InChI is InChI=1S/C35H70N2/c1-4-7-10-13-15-16-17-18-19-20-21-22-23-24-26-29-32-37-34-33-36(31-28-25-14-11-8-5-2)35(37)30-27-12-9-6-3/h33-35H,4-32H2,1-3H3. The van der Waals surface area contributed by atoms with Crippen LogP contribution in [0.1, 0.15) is 194 Å². The Morgan fingerprint density at radius 1 is 0.351 bits per heavy atom. The molecule has 0 bridgehead atoms. The quantitative estimate of drug-likeness (QED) is 0.0908. The molecule has 2 nitrogen and oxygen atoms in total. The maximum Gasteiger partial charge on any atom is 0.101 e. The predicted octanol–water partition coefficient (Wildman–Crippen LogP) is 12.0. The minimum Gasteiger partial charge on any atom is -0.356 e. The molecule has 0 amide bonds. The van der Waals surface area contributed by atoms with Gasteiger partial charge in [0.25, 0.3) is 0 Å². The van der Waals surface area contributed by atoms with E-state index in [0.717, 1.165) is 0 Å². The minimum absolute atomic E-state index is 0.642. The fourth-order valence-corrected chi connectivity index (χ4v) is 6.01. The zero-order valence-corrected chi connectivity index (χ0v) is 26.1. The molecule has 0 saturated heterocycles. The molecule has 0 aromatic rings. The minimum atomic E-state index is 0.642. The summed E-state index contributed by atoms with van der Waals surface area (Å²) in [5.74, 6) is 0. The molecular formula is C35H70N2. The number of nitrogens with zero attached hydrogens (tertiary/aromatic N) is 2. The van der Waals surface area contributed by atoms with Gasteiger partial charge in [-0.15, -0.1) is 0 Å². The summed E-state index contributed by atoms with van der Waals surface area (Å²) in [5, 5.41) is 0. The Kier molecular flexibility index (Phi) is 25.0. The highest BCUT2D eigenvalue weighted by molar-refractivity contribution is 4.97. The number of hydrogen-bond acceptors (Lipinski definition) is 2. The normalized spacial score (nSPS) is 15.4. The summed E-state index contributed by atoms with van der Waals surface area (Å²) in [4.78, 5) is 5.37. The maximum atomic E-state index is 2.69. The van der Waals surface area contributed by atoms with Crippen molar-refractivity contribution in [3.8, 4) is 0 Å². The smallest absolute Gasteiger partial charge is 0.101 e. The van der Waals surface area contributed by atoms with Crippen LogP contribution in [0.4, 0.5) is 0 Å². The first-order valence-corrected chi connectivity index (χ1v) is 17.5. The van der Waals surface area contributed by atoms with Crippen molar-refractivity contribution in [1.82, 2.24) is 9.80 Å². The van der Waals surface area contributed by atoms with Crippen LogP contribution in [0.3, 0.4) is 0 Å². The molecule has 0 aromatic carbocycles. The Morgan fingerprint density at radius 3 is 0.946 bits per heavy atom. The third-order valence-corrected chi connectivity index (χ3v) is 8.57. The lowest BCUT2D eigenvalue weighted by Gasteiger charge is -2.33. The zero-order chi connectivity index (χ0) is 26.7. The van der Waals surface area contributed by atoms with Crippen LogP contribution in [-0.2, 0) is 0 Å². The van der Waals surface area contributed by atoms with E-state index in [1.807, 2.05) is 0 Å². The zero-order valence-electron chi connectivity index (χ0n) is 26.1. The molecule has 1 aliphatic rings. The average Bonchev–Trinajstić information content (AvgIpc) is 3.29. The van der Waals surface area contributed by atoms with Crippen molar-refractivity contribution in [2.24, 2.45) is 0 Å². The van der Waals surface area contributed by atoms with Crippen molar-refractivity contribution in [2.45, 2.75) is 200 Å². The van der Waals surface area contributed by atoms with Crippen LogP contribution < -0.4 is 0 Å². The van der Waals surface area contributed by atoms with Gasteiger partial charge in [-0.25, -0.2) is 0 Å². The second-order valence-electron chi connectivity index (χ2n) is 12.2. The van der Waals surface area contributed by atoms with Crippen LogP contribution in [0.2, 0.25) is 0 Å². The fraction of sp³-hybridized carbons (Fsp3) is 0.943. The molecule has 0 spiro atoms.